The summed E-state index contributed by atoms with van der Waals surface area (Å²) in [6.07, 6.45) is 5.17. The van der Waals surface area contributed by atoms with Crippen LogP contribution < -0.4 is 0 Å². The quantitative estimate of drug-likeness (QED) is 0.492. The van der Waals surface area contributed by atoms with Gasteiger partial charge in [0.05, 0.1) is 27.8 Å². The smallest absolute Gasteiger partial charge is 0.0889 e. The second-order valence-corrected chi connectivity index (χ2v) is 4.55. The number of hydrogen-bond donors (Lipinski definition) is 0. The van der Waals surface area contributed by atoms with Crippen molar-refractivity contribution >= 4 is 22.1 Å². The number of benzene rings is 2. The molecule has 0 bridgehead atoms. The molecular formula is C17H14N4. The second-order valence-electron chi connectivity index (χ2n) is 4.55. The van der Waals surface area contributed by atoms with Gasteiger partial charge in [0, 0.05) is 18.6 Å². The van der Waals surface area contributed by atoms with Crippen LogP contribution in [0.25, 0.3) is 22.1 Å². The van der Waals surface area contributed by atoms with Crippen LogP contribution in [0.5, 0.6) is 0 Å². The average molecular weight is 274 g/mol. The minimum Gasteiger partial charge on any atom is -0.253 e. The third kappa shape index (κ3) is 3.17. The molecule has 4 aromatic rings. The molecule has 2 heterocycles. The molecule has 0 aliphatic rings. The molecule has 0 saturated carbocycles. The van der Waals surface area contributed by atoms with Crippen molar-refractivity contribution in [2.24, 2.45) is 0 Å². The largest absolute Gasteiger partial charge is 0.253 e. The topological polar surface area (TPSA) is 51.6 Å². The first-order valence-corrected chi connectivity index (χ1v) is 6.67. The Morgan fingerprint density at radius 1 is 0.619 bits per heavy atom. The van der Waals surface area contributed by atoms with Gasteiger partial charge in [0.15, 0.2) is 0 Å². The molecule has 0 aliphatic heterocycles. The van der Waals surface area contributed by atoms with Crippen molar-refractivity contribution in [1.29, 1.82) is 0 Å². The molecule has 0 radical (unpaired) electrons. The Balaban J connectivity index is 0.000000126. The normalized spacial score (nSPS) is 10.1. The lowest BCUT2D eigenvalue weighted by molar-refractivity contribution is 1.19. The maximum absolute atomic E-state index is 4.31. The minimum absolute atomic E-state index is 0.949. The van der Waals surface area contributed by atoms with Gasteiger partial charge in [0.1, 0.15) is 0 Å². The number of para-hydroxylation sites is 4. The van der Waals surface area contributed by atoms with Crippen molar-refractivity contribution in [3.8, 4) is 0 Å². The van der Waals surface area contributed by atoms with Crippen molar-refractivity contribution in [1.82, 2.24) is 19.9 Å². The number of rotatable bonds is 0. The van der Waals surface area contributed by atoms with Crippen molar-refractivity contribution in [2.75, 3.05) is 0 Å². The van der Waals surface area contributed by atoms with Crippen LogP contribution in [0.2, 0.25) is 0 Å². The van der Waals surface area contributed by atoms with Crippen molar-refractivity contribution in [3.63, 3.8) is 0 Å². The molecule has 4 nitrogen and oxygen atoms in total. The van der Waals surface area contributed by atoms with Crippen LogP contribution >= 0.6 is 0 Å². The molecule has 0 spiro atoms. The van der Waals surface area contributed by atoms with Crippen molar-refractivity contribution < 1.29 is 0 Å². The van der Waals surface area contributed by atoms with E-state index in [1.54, 1.807) is 18.6 Å². The van der Waals surface area contributed by atoms with Gasteiger partial charge >= 0.3 is 0 Å². The summed E-state index contributed by atoms with van der Waals surface area (Å²) in [5.41, 5.74) is 4.78. The van der Waals surface area contributed by atoms with Crippen LogP contribution in [-0.4, -0.2) is 19.9 Å². The van der Waals surface area contributed by atoms with E-state index in [2.05, 4.69) is 19.9 Å². The highest BCUT2D eigenvalue weighted by Crippen LogP contribution is 2.07. The zero-order chi connectivity index (χ0) is 14.5. The molecule has 21 heavy (non-hydrogen) atoms. The van der Waals surface area contributed by atoms with Crippen LogP contribution in [0.1, 0.15) is 5.69 Å². The van der Waals surface area contributed by atoms with Crippen molar-refractivity contribution in [3.05, 3.63) is 72.8 Å². The van der Waals surface area contributed by atoms with Gasteiger partial charge in [-0.3, -0.25) is 15.0 Å². The van der Waals surface area contributed by atoms with Crippen LogP contribution in [0.3, 0.4) is 0 Å². The molecule has 0 unspecified atom stereocenters. The molecule has 2 aromatic heterocycles. The minimum atomic E-state index is 0.949. The van der Waals surface area contributed by atoms with Crippen LogP contribution in [-0.2, 0) is 0 Å². The van der Waals surface area contributed by atoms with Gasteiger partial charge in [0.2, 0.25) is 0 Å². The van der Waals surface area contributed by atoms with Gasteiger partial charge < -0.3 is 0 Å². The lowest BCUT2D eigenvalue weighted by Gasteiger charge is -1.95. The van der Waals surface area contributed by atoms with E-state index < -0.39 is 0 Å². The number of aryl methyl sites for hydroxylation is 1. The predicted octanol–water partition coefficient (Wildman–Crippen LogP) is 3.57. The van der Waals surface area contributed by atoms with E-state index in [9.17, 15) is 0 Å². The van der Waals surface area contributed by atoms with Gasteiger partial charge in [-0.2, -0.15) is 0 Å². The molecule has 0 N–H and O–H groups in total. The molecule has 2 aromatic carbocycles. The van der Waals surface area contributed by atoms with Crippen LogP contribution in [0.15, 0.2) is 67.1 Å². The van der Waals surface area contributed by atoms with Gasteiger partial charge in [0.25, 0.3) is 0 Å². The fourth-order valence-corrected chi connectivity index (χ4v) is 1.96. The van der Waals surface area contributed by atoms with Gasteiger partial charge in [-0.15, -0.1) is 0 Å². The molecular weight excluding hydrogens is 260 g/mol. The van der Waals surface area contributed by atoms with Gasteiger partial charge in [-0.05, 0) is 31.2 Å². The Kier molecular flexibility index (Phi) is 3.78. The summed E-state index contributed by atoms with van der Waals surface area (Å²) in [6.45, 7) is 1.94. The molecule has 0 aliphatic carbocycles. The zero-order valence-corrected chi connectivity index (χ0v) is 11.6. The molecule has 0 saturated heterocycles. The monoisotopic (exact) mass is 274 g/mol. The molecule has 4 rings (SSSR count). The average Bonchev–Trinajstić information content (AvgIpc) is 2.55. The summed E-state index contributed by atoms with van der Waals surface area (Å²) in [4.78, 5) is 16.8. The van der Waals surface area contributed by atoms with Crippen LogP contribution in [0.4, 0.5) is 0 Å². The maximum Gasteiger partial charge on any atom is 0.0889 e. The molecule has 0 atom stereocenters. The van der Waals surface area contributed by atoms with E-state index in [-0.39, 0.29) is 0 Å². The third-order valence-electron chi connectivity index (χ3n) is 2.94. The summed E-state index contributed by atoms with van der Waals surface area (Å²) in [7, 11) is 0. The summed E-state index contributed by atoms with van der Waals surface area (Å²) in [5, 5.41) is 0. The van der Waals surface area contributed by atoms with Gasteiger partial charge in [-0.25, -0.2) is 4.98 Å². The van der Waals surface area contributed by atoms with E-state index >= 15 is 0 Å². The summed E-state index contributed by atoms with van der Waals surface area (Å²) < 4.78 is 0. The zero-order valence-electron chi connectivity index (χ0n) is 11.6. The van der Waals surface area contributed by atoms with Crippen molar-refractivity contribution in [2.45, 2.75) is 6.92 Å². The first kappa shape index (κ1) is 13.1. The Labute approximate surface area is 122 Å². The Morgan fingerprint density at radius 2 is 1.10 bits per heavy atom. The Morgan fingerprint density at radius 3 is 1.67 bits per heavy atom. The summed E-state index contributed by atoms with van der Waals surface area (Å²) in [5.74, 6) is 0. The summed E-state index contributed by atoms with van der Waals surface area (Å²) >= 11 is 0. The van der Waals surface area contributed by atoms with Gasteiger partial charge in [-0.1, -0.05) is 24.3 Å². The fourth-order valence-electron chi connectivity index (χ4n) is 1.96. The van der Waals surface area contributed by atoms with E-state index in [1.165, 1.54) is 0 Å². The molecule has 102 valence electrons. The number of aromatic nitrogens is 4. The van der Waals surface area contributed by atoms with E-state index in [0.717, 1.165) is 27.8 Å². The Hall–Kier alpha value is -2.88. The standard InChI is InChI=1S/C9H8N2.C8H6N2/c1-7-6-10-8-4-2-3-5-9(8)11-7;1-2-4-8-7(3-1)9-5-6-10-8/h2-6H,1H3;1-6H. The van der Waals surface area contributed by atoms with Crippen LogP contribution in [0, 0.1) is 6.92 Å². The predicted molar refractivity (Wildman–Crippen MR) is 83.8 cm³/mol. The highest BCUT2D eigenvalue weighted by molar-refractivity contribution is 5.73. The third-order valence-corrected chi connectivity index (χ3v) is 2.94. The number of fused-ring (bicyclic) bond motifs is 2. The SMILES string of the molecule is Cc1cnc2ccccc2n1.c1ccc2nccnc2c1. The first-order chi connectivity index (χ1) is 10.3. The second kappa shape index (κ2) is 6.05. The van der Waals surface area contributed by atoms with E-state index in [0.29, 0.717) is 0 Å². The maximum atomic E-state index is 4.31. The molecule has 0 amide bonds. The fraction of sp³-hybridized carbons (Fsp3) is 0.0588. The van der Waals surface area contributed by atoms with E-state index in [1.807, 2.05) is 55.5 Å². The number of hydrogen-bond acceptors (Lipinski definition) is 4. The van der Waals surface area contributed by atoms with E-state index in [4.69, 9.17) is 0 Å². The lowest BCUT2D eigenvalue weighted by atomic mass is 10.3. The highest BCUT2D eigenvalue weighted by Gasteiger charge is 1.92. The number of nitrogens with zero attached hydrogens (tertiary/aromatic N) is 4. The molecule has 0 fully saturated rings. The molecule has 4 heteroatoms. The lowest BCUT2D eigenvalue weighted by Crippen LogP contribution is -1.85. The summed E-state index contributed by atoms with van der Waals surface area (Å²) in [6, 6.07) is 15.7. The highest BCUT2D eigenvalue weighted by atomic mass is 14.8. The Bertz CT molecular complexity index is 809. The first-order valence-electron chi connectivity index (χ1n) is 6.67.